The molecular weight excluding hydrogens is 262 g/mol. The Morgan fingerprint density at radius 2 is 1.86 bits per heavy atom. The van der Waals surface area contributed by atoms with Crippen molar-refractivity contribution >= 4 is 17.3 Å². The second-order valence-corrected chi connectivity index (χ2v) is 4.91. The van der Waals surface area contributed by atoms with E-state index in [1.807, 2.05) is 44.2 Å². The molecule has 0 saturated heterocycles. The van der Waals surface area contributed by atoms with Crippen LogP contribution in [0.15, 0.2) is 42.5 Å². The highest BCUT2D eigenvalue weighted by Crippen LogP contribution is 2.16. The van der Waals surface area contributed by atoms with Crippen molar-refractivity contribution < 1.29 is 4.79 Å². The van der Waals surface area contributed by atoms with Crippen LogP contribution in [0.25, 0.3) is 0 Å². The number of aryl methyl sites for hydroxylation is 2. The van der Waals surface area contributed by atoms with Gasteiger partial charge in [0.25, 0.3) is 0 Å². The molecule has 0 aliphatic rings. The van der Waals surface area contributed by atoms with E-state index >= 15 is 0 Å². The Kier molecular flexibility index (Phi) is 4.57. The van der Waals surface area contributed by atoms with E-state index in [0.717, 1.165) is 22.5 Å². The molecule has 0 aliphatic carbocycles. The summed E-state index contributed by atoms with van der Waals surface area (Å²) in [6, 6.07) is 15.1. The van der Waals surface area contributed by atoms with Gasteiger partial charge in [-0.1, -0.05) is 23.8 Å². The summed E-state index contributed by atoms with van der Waals surface area (Å²) in [6.45, 7) is 4.09. The predicted molar refractivity (Wildman–Crippen MR) is 84.2 cm³/mol. The molecule has 2 rings (SSSR count). The molecule has 0 heterocycles. The molecule has 0 bridgehead atoms. The predicted octanol–water partition coefficient (Wildman–Crippen LogP) is 3.23. The van der Waals surface area contributed by atoms with Gasteiger partial charge in [0, 0.05) is 11.4 Å². The van der Waals surface area contributed by atoms with E-state index in [2.05, 4.69) is 16.7 Å². The fourth-order valence-corrected chi connectivity index (χ4v) is 1.90. The fourth-order valence-electron chi connectivity index (χ4n) is 1.90. The smallest absolute Gasteiger partial charge is 0.243 e. The molecule has 0 saturated carbocycles. The SMILES string of the molecule is Cc1ccc(NC(=O)CNc2cc(C#N)ccc2C)cc1. The van der Waals surface area contributed by atoms with Crippen molar-refractivity contribution in [1.29, 1.82) is 5.26 Å². The Hall–Kier alpha value is -2.80. The Balaban J connectivity index is 1.95. The van der Waals surface area contributed by atoms with Gasteiger partial charge in [0.2, 0.25) is 5.91 Å². The molecule has 4 nitrogen and oxygen atoms in total. The molecule has 2 aromatic carbocycles. The zero-order chi connectivity index (χ0) is 15.2. The third-order valence-electron chi connectivity index (χ3n) is 3.14. The number of amides is 1. The van der Waals surface area contributed by atoms with E-state index in [1.165, 1.54) is 0 Å². The first kappa shape index (κ1) is 14.6. The number of nitrogens with one attached hydrogen (secondary N) is 2. The lowest BCUT2D eigenvalue weighted by Crippen LogP contribution is -2.22. The van der Waals surface area contributed by atoms with Gasteiger partial charge >= 0.3 is 0 Å². The minimum atomic E-state index is -0.124. The van der Waals surface area contributed by atoms with Crippen molar-refractivity contribution in [1.82, 2.24) is 0 Å². The van der Waals surface area contributed by atoms with E-state index in [4.69, 9.17) is 5.26 Å². The third-order valence-corrected chi connectivity index (χ3v) is 3.14. The van der Waals surface area contributed by atoms with Gasteiger partial charge in [0.1, 0.15) is 0 Å². The Labute approximate surface area is 124 Å². The Bertz CT molecular complexity index is 684. The number of nitrogens with zero attached hydrogens (tertiary/aromatic N) is 1. The van der Waals surface area contributed by atoms with Crippen molar-refractivity contribution in [3.05, 3.63) is 59.2 Å². The van der Waals surface area contributed by atoms with Crippen LogP contribution in [0.2, 0.25) is 0 Å². The average molecular weight is 279 g/mol. The van der Waals surface area contributed by atoms with E-state index in [-0.39, 0.29) is 12.5 Å². The van der Waals surface area contributed by atoms with Crippen LogP contribution in [0, 0.1) is 25.2 Å². The molecule has 2 aromatic rings. The number of benzene rings is 2. The topological polar surface area (TPSA) is 64.9 Å². The number of hydrogen-bond acceptors (Lipinski definition) is 3. The van der Waals surface area contributed by atoms with Crippen molar-refractivity contribution in [3.8, 4) is 6.07 Å². The van der Waals surface area contributed by atoms with Crippen LogP contribution in [0.5, 0.6) is 0 Å². The number of carbonyl (C=O) groups excluding carboxylic acids is 1. The van der Waals surface area contributed by atoms with Crippen LogP contribution < -0.4 is 10.6 Å². The van der Waals surface area contributed by atoms with Gasteiger partial charge in [0.15, 0.2) is 0 Å². The summed E-state index contributed by atoms with van der Waals surface area (Å²) in [7, 11) is 0. The zero-order valence-corrected chi connectivity index (χ0v) is 12.1. The molecule has 0 atom stereocenters. The Morgan fingerprint density at radius 3 is 2.52 bits per heavy atom. The van der Waals surface area contributed by atoms with E-state index in [0.29, 0.717) is 5.56 Å². The lowest BCUT2D eigenvalue weighted by Gasteiger charge is -2.10. The summed E-state index contributed by atoms with van der Waals surface area (Å²) in [4.78, 5) is 11.9. The molecule has 1 amide bonds. The highest BCUT2D eigenvalue weighted by molar-refractivity contribution is 5.93. The van der Waals surface area contributed by atoms with Gasteiger partial charge in [0.05, 0.1) is 18.2 Å². The van der Waals surface area contributed by atoms with Gasteiger partial charge in [-0.3, -0.25) is 4.79 Å². The van der Waals surface area contributed by atoms with E-state index < -0.39 is 0 Å². The van der Waals surface area contributed by atoms with Crippen LogP contribution in [0.4, 0.5) is 11.4 Å². The lowest BCUT2D eigenvalue weighted by molar-refractivity contribution is -0.114. The zero-order valence-electron chi connectivity index (χ0n) is 12.1. The molecule has 4 heteroatoms. The lowest BCUT2D eigenvalue weighted by atomic mass is 10.1. The summed E-state index contributed by atoms with van der Waals surface area (Å²) in [5.41, 5.74) is 4.29. The second kappa shape index (κ2) is 6.58. The highest BCUT2D eigenvalue weighted by atomic mass is 16.1. The van der Waals surface area contributed by atoms with Gasteiger partial charge in [-0.15, -0.1) is 0 Å². The van der Waals surface area contributed by atoms with Crippen LogP contribution in [0.3, 0.4) is 0 Å². The molecule has 0 aliphatic heterocycles. The van der Waals surface area contributed by atoms with Crippen molar-refractivity contribution in [3.63, 3.8) is 0 Å². The highest BCUT2D eigenvalue weighted by Gasteiger charge is 2.04. The van der Waals surface area contributed by atoms with Crippen LogP contribution >= 0.6 is 0 Å². The number of hydrogen-bond donors (Lipinski definition) is 2. The molecule has 0 aromatic heterocycles. The molecule has 2 N–H and O–H groups in total. The minimum Gasteiger partial charge on any atom is -0.376 e. The quantitative estimate of drug-likeness (QED) is 0.903. The van der Waals surface area contributed by atoms with E-state index in [9.17, 15) is 4.79 Å². The summed E-state index contributed by atoms with van der Waals surface area (Å²) >= 11 is 0. The van der Waals surface area contributed by atoms with Gasteiger partial charge in [-0.25, -0.2) is 0 Å². The first-order chi connectivity index (χ1) is 10.1. The molecular formula is C17H17N3O. The summed E-state index contributed by atoms with van der Waals surface area (Å²) in [5, 5.41) is 14.8. The Morgan fingerprint density at radius 1 is 1.14 bits per heavy atom. The van der Waals surface area contributed by atoms with Crippen molar-refractivity contribution in [2.24, 2.45) is 0 Å². The van der Waals surface area contributed by atoms with Crippen molar-refractivity contribution in [2.75, 3.05) is 17.2 Å². The summed E-state index contributed by atoms with van der Waals surface area (Å²) in [6.07, 6.45) is 0. The van der Waals surface area contributed by atoms with Crippen LogP contribution in [0.1, 0.15) is 16.7 Å². The van der Waals surface area contributed by atoms with Crippen molar-refractivity contribution in [2.45, 2.75) is 13.8 Å². The first-order valence-corrected chi connectivity index (χ1v) is 6.69. The maximum Gasteiger partial charge on any atom is 0.243 e. The van der Waals surface area contributed by atoms with Gasteiger partial charge in [-0.2, -0.15) is 5.26 Å². The van der Waals surface area contributed by atoms with Gasteiger partial charge < -0.3 is 10.6 Å². The average Bonchev–Trinajstić information content (AvgIpc) is 2.49. The number of carbonyl (C=O) groups is 1. The second-order valence-electron chi connectivity index (χ2n) is 4.91. The van der Waals surface area contributed by atoms with Crippen LogP contribution in [-0.4, -0.2) is 12.5 Å². The number of anilines is 2. The third kappa shape index (κ3) is 4.08. The minimum absolute atomic E-state index is 0.124. The number of rotatable bonds is 4. The maximum absolute atomic E-state index is 11.9. The first-order valence-electron chi connectivity index (χ1n) is 6.69. The van der Waals surface area contributed by atoms with Gasteiger partial charge in [-0.05, 0) is 43.7 Å². The summed E-state index contributed by atoms with van der Waals surface area (Å²) in [5.74, 6) is -0.124. The number of nitriles is 1. The molecule has 0 unspecified atom stereocenters. The summed E-state index contributed by atoms with van der Waals surface area (Å²) < 4.78 is 0. The molecule has 0 fully saturated rings. The standard InChI is InChI=1S/C17H17N3O/c1-12-3-7-15(8-4-12)20-17(21)11-19-16-9-14(10-18)6-5-13(16)2/h3-9,19H,11H2,1-2H3,(H,20,21). The maximum atomic E-state index is 11.9. The normalized spacial score (nSPS) is 9.76. The molecule has 0 spiro atoms. The largest absolute Gasteiger partial charge is 0.376 e. The monoisotopic (exact) mass is 279 g/mol. The molecule has 0 radical (unpaired) electrons. The molecule has 21 heavy (non-hydrogen) atoms. The fraction of sp³-hybridized carbons (Fsp3) is 0.176. The van der Waals surface area contributed by atoms with Crippen LogP contribution in [-0.2, 0) is 4.79 Å². The van der Waals surface area contributed by atoms with E-state index in [1.54, 1.807) is 12.1 Å². The molecule has 106 valence electrons.